The molecule has 0 amide bonds. The summed E-state index contributed by atoms with van der Waals surface area (Å²) in [6.45, 7) is 3.74. The van der Waals surface area contributed by atoms with Gasteiger partial charge in [-0.25, -0.2) is 0 Å². The fourth-order valence-corrected chi connectivity index (χ4v) is 2.76. The number of phenols is 1. The first-order valence-electron chi connectivity index (χ1n) is 8.78. The molecule has 0 spiro atoms. The Kier molecular flexibility index (Phi) is 7.11. The van der Waals surface area contributed by atoms with E-state index >= 15 is 0 Å². The summed E-state index contributed by atoms with van der Waals surface area (Å²) in [6.07, 6.45) is 7.47. The van der Waals surface area contributed by atoms with E-state index in [0.29, 0.717) is 24.3 Å². The molecule has 2 atom stereocenters. The van der Waals surface area contributed by atoms with Gasteiger partial charge in [0.2, 0.25) is 0 Å². The molecule has 0 bridgehead atoms. The molecule has 4 nitrogen and oxygen atoms in total. The van der Waals surface area contributed by atoms with Crippen LogP contribution in [0.2, 0.25) is 0 Å². The number of anilines is 1. The van der Waals surface area contributed by atoms with Crippen molar-refractivity contribution in [3.05, 3.63) is 54.1 Å². The van der Waals surface area contributed by atoms with Gasteiger partial charge in [-0.05, 0) is 50.5 Å². The van der Waals surface area contributed by atoms with Crippen LogP contribution in [0.1, 0.15) is 31.7 Å². The maximum absolute atomic E-state index is 12.6. The van der Waals surface area contributed by atoms with Gasteiger partial charge in [-0.15, -0.1) is 12.3 Å². The van der Waals surface area contributed by atoms with Crippen molar-refractivity contribution < 1.29 is 14.6 Å². The molecule has 0 unspecified atom stereocenters. The molecule has 2 N–H and O–H groups in total. The number of aryl methyl sites for hydroxylation is 1. The molecule has 0 fully saturated rings. The molecule has 0 aromatic heterocycles. The first-order chi connectivity index (χ1) is 12.5. The van der Waals surface area contributed by atoms with Crippen molar-refractivity contribution in [3.8, 4) is 23.8 Å². The summed E-state index contributed by atoms with van der Waals surface area (Å²) in [4.78, 5) is 12.6. The zero-order valence-electron chi connectivity index (χ0n) is 15.2. The van der Waals surface area contributed by atoms with Gasteiger partial charge >= 0.3 is 5.97 Å². The molecule has 2 aromatic carbocycles. The third kappa shape index (κ3) is 5.29. The number of unbranched alkanes of at least 4 members (excludes halogenated alkanes) is 1. The quantitative estimate of drug-likeness (QED) is 0.241. The predicted octanol–water partition coefficient (Wildman–Crippen LogP) is 4.53. The molecule has 2 rings (SSSR count). The number of phenolic OH excluding ortho intramolecular Hbond substituents is 1. The second-order valence-corrected chi connectivity index (χ2v) is 6.34. The Labute approximate surface area is 155 Å². The first kappa shape index (κ1) is 19.4. The lowest BCUT2D eigenvalue weighted by atomic mass is 9.95. The summed E-state index contributed by atoms with van der Waals surface area (Å²) in [5.41, 5.74) is 1.55. The topological polar surface area (TPSA) is 58.6 Å². The van der Waals surface area contributed by atoms with Crippen LogP contribution in [0.25, 0.3) is 0 Å². The van der Waals surface area contributed by atoms with Gasteiger partial charge in [0, 0.05) is 12.5 Å². The lowest BCUT2D eigenvalue weighted by Crippen LogP contribution is -2.35. The number of para-hydroxylation sites is 2. The van der Waals surface area contributed by atoms with Crippen molar-refractivity contribution in [2.24, 2.45) is 5.92 Å². The normalized spacial score (nSPS) is 12.7. The van der Waals surface area contributed by atoms with Crippen molar-refractivity contribution in [2.45, 2.75) is 39.2 Å². The summed E-state index contributed by atoms with van der Waals surface area (Å²) in [5, 5.41) is 13.5. The minimum atomic E-state index is -0.410. The number of benzene rings is 2. The summed E-state index contributed by atoms with van der Waals surface area (Å²) in [5.74, 6) is 2.58. The Morgan fingerprint density at radius 3 is 2.62 bits per heavy atom. The molecule has 2 aromatic rings. The van der Waals surface area contributed by atoms with Crippen molar-refractivity contribution in [3.63, 3.8) is 0 Å². The summed E-state index contributed by atoms with van der Waals surface area (Å²) in [6, 6.07) is 14.1. The standard InChI is InChI=1S/C22H25NO3/c1-4-5-7-14-19(23-21-16(2)11-10-15-20(21)24)17(3)22(25)26-18-12-8-6-9-13-18/h1,6,8-13,15,17,19,23-24H,5,7,14H2,2-3H3/t17-,19-/m0/s1. The van der Waals surface area contributed by atoms with Crippen LogP contribution in [0.4, 0.5) is 5.69 Å². The number of nitrogens with one attached hydrogen (secondary N) is 1. The molecule has 0 aliphatic carbocycles. The summed E-state index contributed by atoms with van der Waals surface area (Å²) < 4.78 is 5.48. The number of hydrogen-bond acceptors (Lipinski definition) is 4. The molecule has 0 saturated heterocycles. The number of hydrogen-bond donors (Lipinski definition) is 2. The van der Waals surface area contributed by atoms with E-state index in [1.54, 1.807) is 24.3 Å². The average Bonchev–Trinajstić information content (AvgIpc) is 2.63. The van der Waals surface area contributed by atoms with Crippen LogP contribution < -0.4 is 10.1 Å². The minimum Gasteiger partial charge on any atom is -0.506 e. The van der Waals surface area contributed by atoms with Crippen molar-refractivity contribution in [1.29, 1.82) is 0 Å². The van der Waals surface area contributed by atoms with Crippen LogP contribution in [-0.4, -0.2) is 17.1 Å². The van der Waals surface area contributed by atoms with Crippen LogP contribution in [0.5, 0.6) is 11.5 Å². The van der Waals surface area contributed by atoms with E-state index in [4.69, 9.17) is 11.2 Å². The largest absolute Gasteiger partial charge is 0.506 e. The van der Waals surface area contributed by atoms with Gasteiger partial charge < -0.3 is 15.2 Å². The number of terminal acetylenes is 1. The molecule has 26 heavy (non-hydrogen) atoms. The Balaban J connectivity index is 2.14. The first-order valence-corrected chi connectivity index (χ1v) is 8.78. The number of aromatic hydroxyl groups is 1. The zero-order valence-corrected chi connectivity index (χ0v) is 15.2. The number of esters is 1. The van der Waals surface area contributed by atoms with Gasteiger partial charge in [0.1, 0.15) is 11.5 Å². The van der Waals surface area contributed by atoms with Crippen LogP contribution in [0.15, 0.2) is 48.5 Å². The molecule has 0 heterocycles. The molecule has 136 valence electrons. The predicted molar refractivity (Wildman–Crippen MR) is 104 cm³/mol. The van der Waals surface area contributed by atoms with E-state index < -0.39 is 5.92 Å². The number of ether oxygens (including phenoxy) is 1. The molecular formula is C22H25NO3. The van der Waals surface area contributed by atoms with Gasteiger partial charge in [0.15, 0.2) is 0 Å². The Morgan fingerprint density at radius 1 is 1.23 bits per heavy atom. The molecule has 0 saturated carbocycles. The zero-order chi connectivity index (χ0) is 18.9. The molecule has 4 heteroatoms. The number of carbonyl (C=O) groups is 1. The smallest absolute Gasteiger partial charge is 0.316 e. The second kappa shape index (κ2) is 9.53. The maximum atomic E-state index is 12.6. The Bertz CT molecular complexity index is 744. The van der Waals surface area contributed by atoms with Crippen LogP contribution >= 0.6 is 0 Å². The SMILES string of the molecule is C#CCCC[C@H](Nc1c(C)cccc1O)[C@H](C)C(=O)Oc1ccccc1. The minimum absolute atomic E-state index is 0.163. The fourth-order valence-electron chi connectivity index (χ4n) is 2.76. The molecular weight excluding hydrogens is 326 g/mol. The summed E-state index contributed by atoms with van der Waals surface area (Å²) >= 11 is 0. The van der Waals surface area contributed by atoms with E-state index in [-0.39, 0.29) is 17.8 Å². The fraction of sp³-hybridized carbons (Fsp3) is 0.318. The van der Waals surface area contributed by atoms with Gasteiger partial charge in [-0.3, -0.25) is 4.79 Å². The van der Waals surface area contributed by atoms with E-state index in [9.17, 15) is 9.90 Å². The van der Waals surface area contributed by atoms with Crippen LogP contribution in [0.3, 0.4) is 0 Å². The Morgan fingerprint density at radius 2 is 1.96 bits per heavy atom. The second-order valence-electron chi connectivity index (χ2n) is 6.34. The van der Waals surface area contributed by atoms with E-state index in [2.05, 4.69) is 11.2 Å². The van der Waals surface area contributed by atoms with E-state index in [0.717, 1.165) is 12.0 Å². The van der Waals surface area contributed by atoms with Crippen LogP contribution in [-0.2, 0) is 4.79 Å². The average molecular weight is 351 g/mol. The summed E-state index contributed by atoms with van der Waals surface area (Å²) in [7, 11) is 0. The third-order valence-electron chi connectivity index (χ3n) is 4.35. The number of rotatable bonds is 8. The highest BCUT2D eigenvalue weighted by Crippen LogP contribution is 2.29. The van der Waals surface area contributed by atoms with Gasteiger partial charge in [0.25, 0.3) is 0 Å². The van der Waals surface area contributed by atoms with E-state index in [1.807, 2.05) is 38.1 Å². The highest BCUT2D eigenvalue weighted by atomic mass is 16.5. The molecule has 0 aliphatic heterocycles. The van der Waals surface area contributed by atoms with Crippen LogP contribution in [0, 0.1) is 25.2 Å². The highest BCUT2D eigenvalue weighted by Gasteiger charge is 2.26. The van der Waals surface area contributed by atoms with Crippen molar-refractivity contribution in [2.75, 3.05) is 5.32 Å². The van der Waals surface area contributed by atoms with Gasteiger partial charge in [-0.2, -0.15) is 0 Å². The van der Waals surface area contributed by atoms with Gasteiger partial charge in [0.05, 0.1) is 11.6 Å². The monoisotopic (exact) mass is 351 g/mol. The molecule has 0 aliphatic rings. The third-order valence-corrected chi connectivity index (χ3v) is 4.35. The lowest BCUT2D eigenvalue weighted by molar-refractivity contribution is -0.138. The highest BCUT2D eigenvalue weighted by molar-refractivity contribution is 5.76. The Hall–Kier alpha value is -2.93. The van der Waals surface area contributed by atoms with Crippen molar-refractivity contribution >= 4 is 11.7 Å². The van der Waals surface area contributed by atoms with Crippen molar-refractivity contribution in [1.82, 2.24) is 0 Å². The maximum Gasteiger partial charge on any atom is 0.316 e. The molecule has 0 radical (unpaired) electrons. The lowest BCUT2D eigenvalue weighted by Gasteiger charge is -2.26. The van der Waals surface area contributed by atoms with E-state index in [1.165, 1.54) is 0 Å². The van der Waals surface area contributed by atoms with Gasteiger partial charge in [-0.1, -0.05) is 30.3 Å². The number of carbonyl (C=O) groups excluding carboxylic acids is 1.